The summed E-state index contributed by atoms with van der Waals surface area (Å²) < 4.78 is 13.1. The summed E-state index contributed by atoms with van der Waals surface area (Å²) in [5, 5.41) is 0. The first-order valence-corrected chi connectivity index (χ1v) is 10.5. The Kier molecular flexibility index (Phi) is 4.64. The number of halogens is 1. The molecule has 1 aromatic carbocycles. The van der Waals surface area contributed by atoms with Crippen molar-refractivity contribution in [1.82, 2.24) is 19.8 Å². The lowest BCUT2D eigenvalue weighted by Gasteiger charge is -2.29. The zero-order chi connectivity index (χ0) is 20.8. The SMILES string of the molecule is O=C(c1ccc(F)cc1)N1CCc2nc([C@@H]3CCCN3C(=O)C3CC3)[nH]c(=O)c2C1. The van der Waals surface area contributed by atoms with Gasteiger partial charge < -0.3 is 14.8 Å². The second-order valence-corrected chi connectivity index (χ2v) is 8.32. The molecule has 1 atom stereocenters. The van der Waals surface area contributed by atoms with Gasteiger partial charge in [-0.15, -0.1) is 0 Å². The molecule has 8 heteroatoms. The second-order valence-electron chi connectivity index (χ2n) is 8.32. The molecule has 0 unspecified atom stereocenters. The van der Waals surface area contributed by atoms with Crippen LogP contribution in [0, 0.1) is 11.7 Å². The molecule has 3 aliphatic rings. The first-order chi connectivity index (χ1) is 14.5. The van der Waals surface area contributed by atoms with E-state index in [0.29, 0.717) is 42.2 Å². The van der Waals surface area contributed by atoms with Crippen LogP contribution in [-0.4, -0.2) is 44.7 Å². The first kappa shape index (κ1) is 19.0. The maximum absolute atomic E-state index is 13.1. The van der Waals surface area contributed by atoms with Crippen LogP contribution in [0.1, 0.15) is 59.2 Å². The summed E-state index contributed by atoms with van der Waals surface area (Å²) in [4.78, 5) is 49.2. The molecule has 5 rings (SSSR count). The molecule has 1 aromatic heterocycles. The van der Waals surface area contributed by atoms with Crippen molar-refractivity contribution >= 4 is 11.8 Å². The molecule has 156 valence electrons. The van der Waals surface area contributed by atoms with Crippen LogP contribution in [0.5, 0.6) is 0 Å². The van der Waals surface area contributed by atoms with Crippen LogP contribution >= 0.6 is 0 Å². The van der Waals surface area contributed by atoms with Crippen molar-refractivity contribution in [2.75, 3.05) is 13.1 Å². The topological polar surface area (TPSA) is 86.4 Å². The lowest BCUT2D eigenvalue weighted by atomic mass is 10.0. The lowest BCUT2D eigenvalue weighted by molar-refractivity contribution is -0.133. The van der Waals surface area contributed by atoms with Gasteiger partial charge in [0, 0.05) is 31.0 Å². The minimum atomic E-state index is -0.398. The van der Waals surface area contributed by atoms with E-state index in [2.05, 4.69) is 4.98 Å². The van der Waals surface area contributed by atoms with Gasteiger partial charge in [-0.3, -0.25) is 14.4 Å². The van der Waals surface area contributed by atoms with Crippen LogP contribution in [0.25, 0.3) is 0 Å². The number of amides is 2. The van der Waals surface area contributed by atoms with Crippen LogP contribution in [-0.2, 0) is 17.8 Å². The fraction of sp³-hybridized carbons (Fsp3) is 0.455. The highest BCUT2D eigenvalue weighted by atomic mass is 19.1. The number of H-pyrrole nitrogens is 1. The van der Waals surface area contributed by atoms with Crippen molar-refractivity contribution in [3.05, 3.63) is 63.1 Å². The second kappa shape index (κ2) is 7.34. The predicted molar refractivity (Wildman–Crippen MR) is 106 cm³/mol. The predicted octanol–water partition coefficient (Wildman–Crippen LogP) is 2.18. The number of nitrogens with zero attached hydrogens (tertiary/aromatic N) is 3. The van der Waals surface area contributed by atoms with E-state index in [0.717, 1.165) is 25.7 Å². The number of carbonyl (C=O) groups excluding carboxylic acids is 2. The number of aromatic amines is 1. The molecule has 1 N–H and O–H groups in total. The van der Waals surface area contributed by atoms with Crippen molar-refractivity contribution in [1.29, 1.82) is 0 Å². The van der Waals surface area contributed by atoms with Gasteiger partial charge in [-0.1, -0.05) is 0 Å². The molecule has 0 bridgehead atoms. The maximum atomic E-state index is 13.1. The molecule has 2 aliphatic heterocycles. The third-order valence-corrected chi connectivity index (χ3v) is 6.24. The van der Waals surface area contributed by atoms with Crippen molar-refractivity contribution in [2.45, 2.75) is 44.7 Å². The molecule has 30 heavy (non-hydrogen) atoms. The Morgan fingerprint density at radius 1 is 1.10 bits per heavy atom. The van der Waals surface area contributed by atoms with Crippen LogP contribution in [0.2, 0.25) is 0 Å². The van der Waals surface area contributed by atoms with Crippen LogP contribution in [0.15, 0.2) is 29.1 Å². The fourth-order valence-corrected chi connectivity index (χ4v) is 4.43. The zero-order valence-electron chi connectivity index (χ0n) is 16.6. The van der Waals surface area contributed by atoms with Crippen LogP contribution in [0.3, 0.4) is 0 Å². The summed E-state index contributed by atoms with van der Waals surface area (Å²) in [7, 11) is 0. The summed E-state index contributed by atoms with van der Waals surface area (Å²) in [5.74, 6) is 0.240. The Labute approximate surface area is 172 Å². The molecule has 3 heterocycles. The molecular weight excluding hydrogens is 387 g/mol. The highest BCUT2D eigenvalue weighted by Gasteiger charge is 2.40. The Balaban J connectivity index is 1.37. The van der Waals surface area contributed by atoms with E-state index in [1.807, 2.05) is 4.90 Å². The van der Waals surface area contributed by atoms with E-state index < -0.39 is 5.82 Å². The summed E-state index contributed by atoms with van der Waals surface area (Å²) in [5.41, 5.74) is 1.32. The first-order valence-electron chi connectivity index (χ1n) is 10.5. The van der Waals surface area contributed by atoms with E-state index in [9.17, 15) is 18.8 Å². The van der Waals surface area contributed by atoms with Gasteiger partial charge in [0.05, 0.1) is 23.8 Å². The van der Waals surface area contributed by atoms with E-state index >= 15 is 0 Å². The number of hydrogen-bond acceptors (Lipinski definition) is 4. The molecule has 0 radical (unpaired) electrons. The Hall–Kier alpha value is -3.03. The smallest absolute Gasteiger partial charge is 0.256 e. The number of hydrogen-bond donors (Lipinski definition) is 1. The third-order valence-electron chi connectivity index (χ3n) is 6.24. The Morgan fingerprint density at radius 2 is 1.87 bits per heavy atom. The summed E-state index contributed by atoms with van der Waals surface area (Å²) >= 11 is 0. The van der Waals surface area contributed by atoms with Gasteiger partial charge in [-0.05, 0) is 49.9 Å². The number of aromatic nitrogens is 2. The largest absolute Gasteiger partial charge is 0.334 e. The van der Waals surface area contributed by atoms with Crippen molar-refractivity contribution in [2.24, 2.45) is 5.92 Å². The number of benzene rings is 1. The van der Waals surface area contributed by atoms with E-state index in [1.165, 1.54) is 24.3 Å². The monoisotopic (exact) mass is 410 g/mol. The molecule has 1 saturated heterocycles. The molecule has 2 fully saturated rings. The third kappa shape index (κ3) is 3.40. The highest BCUT2D eigenvalue weighted by molar-refractivity contribution is 5.94. The number of fused-ring (bicyclic) bond motifs is 1. The van der Waals surface area contributed by atoms with Gasteiger partial charge in [0.2, 0.25) is 5.91 Å². The molecule has 2 aromatic rings. The molecule has 1 aliphatic carbocycles. The fourth-order valence-electron chi connectivity index (χ4n) is 4.43. The minimum Gasteiger partial charge on any atom is -0.334 e. The van der Waals surface area contributed by atoms with Gasteiger partial charge in [0.1, 0.15) is 11.6 Å². The normalized spacial score (nSPS) is 20.9. The minimum absolute atomic E-state index is 0.140. The average molecular weight is 410 g/mol. The summed E-state index contributed by atoms with van der Waals surface area (Å²) in [6.07, 6.45) is 4.09. The van der Waals surface area contributed by atoms with E-state index in [1.54, 1.807) is 4.90 Å². The van der Waals surface area contributed by atoms with Crippen molar-refractivity contribution in [3.8, 4) is 0 Å². The van der Waals surface area contributed by atoms with Crippen molar-refractivity contribution < 1.29 is 14.0 Å². The van der Waals surface area contributed by atoms with Gasteiger partial charge in [-0.25, -0.2) is 9.37 Å². The molecule has 7 nitrogen and oxygen atoms in total. The molecule has 2 amide bonds. The van der Waals surface area contributed by atoms with E-state index in [-0.39, 0.29) is 35.9 Å². The Morgan fingerprint density at radius 3 is 2.60 bits per heavy atom. The van der Waals surface area contributed by atoms with E-state index in [4.69, 9.17) is 4.98 Å². The summed E-state index contributed by atoms with van der Waals surface area (Å²) in [6.45, 7) is 1.32. The number of carbonyl (C=O) groups is 2. The summed E-state index contributed by atoms with van der Waals surface area (Å²) in [6, 6.07) is 5.23. The Bertz CT molecular complexity index is 1060. The van der Waals surface area contributed by atoms with Gasteiger partial charge in [-0.2, -0.15) is 0 Å². The van der Waals surface area contributed by atoms with Crippen LogP contribution < -0.4 is 5.56 Å². The highest BCUT2D eigenvalue weighted by Crippen LogP contribution is 2.37. The van der Waals surface area contributed by atoms with Crippen molar-refractivity contribution in [3.63, 3.8) is 0 Å². The number of rotatable bonds is 3. The molecular formula is C22H23FN4O3. The zero-order valence-corrected chi connectivity index (χ0v) is 16.6. The molecule has 1 saturated carbocycles. The molecule has 0 spiro atoms. The lowest BCUT2D eigenvalue weighted by Crippen LogP contribution is -2.40. The standard InChI is InChI=1S/C22H23FN4O3/c23-15-7-5-13(6-8-15)21(29)26-11-9-17-16(12-26)20(28)25-19(24-17)18-2-1-10-27(18)22(30)14-3-4-14/h5-8,14,18H,1-4,9-12H2,(H,24,25,28)/t18-/m0/s1. The van der Waals surface area contributed by atoms with Gasteiger partial charge >= 0.3 is 0 Å². The quantitative estimate of drug-likeness (QED) is 0.840. The maximum Gasteiger partial charge on any atom is 0.256 e. The van der Waals surface area contributed by atoms with Gasteiger partial charge in [0.15, 0.2) is 0 Å². The van der Waals surface area contributed by atoms with Gasteiger partial charge in [0.25, 0.3) is 11.5 Å². The average Bonchev–Trinajstić information content (AvgIpc) is 3.49. The number of nitrogens with one attached hydrogen (secondary N) is 1. The number of likely N-dealkylation sites (tertiary alicyclic amines) is 1. The van der Waals surface area contributed by atoms with Crippen LogP contribution in [0.4, 0.5) is 4.39 Å².